The zero-order valence-electron chi connectivity index (χ0n) is 17.9. The number of unbranched alkanes of at least 4 members (excludes halogenated alkanes) is 8. The van der Waals surface area contributed by atoms with Crippen LogP contribution in [0, 0.1) is 20.2 Å². The lowest BCUT2D eigenvalue weighted by atomic mass is 10.1. The molecule has 0 aliphatic rings. The van der Waals surface area contributed by atoms with Gasteiger partial charge >= 0.3 is 11.9 Å². The van der Waals surface area contributed by atoms with Gasteiger partial charge in [0, 0.05) is 18.6 Å². The number of ether oxygens (including phenoxy) is 2. The Balaban J connectivity index is 2.13. The number of esters is 2. The molecule has 0 spiro atoms. The molecule has 10 nitrogen and oxygen atoms in total. The highest BCUT2D eigenvalue weighted by Crippen LogP contribution is 2.23. The van der Waals surface area contributed by atoms with E-state index < -0.39 is 27.2 Å². The molecule has 0 saturated carbocycles. The van der Waals surface area contributed by atoms with Gasteiger partial charge < -0.3 is 9.47 Å². The average Bonchev–Trinajstić information content (AvgIpc) is 2.75. The van der Waals surface area contributed by atoms with Crippen LogP contribution in [0.4, 0.5) is 11.4 Å². The van der Waals surface area contributed by atoms with Crippen LogP contribution in [0.5, 0.6) is 0 Å². The summed E-state index contributed by atoms with van der Waals surface area (Å²) < 4.78 is 10.1. The van der Waals surface area contributed by atoms with Crippen molar-refractivity contribution in [2.24, 2.45) is 0 Å². The van der Waals surface area contributed by atoms with Gasteiger partial charge in [-0.3, -0.25) is 25.0 Å². The van der Waals surface area contributed by atoms with E-state index in [4.69, 9.17) is 9.47 Å². The second-order valence-electron chi connectivity index (χ2n) is 7.14. The molecule has 0 N–H and O–H groups in total. The van der Waals surface area contributed by atoms with E-state index >= 15 is 0 Å². The van der Waals surface area contributed by atoms with Gasteiger partial charge in [-0.1, -0.05) is 51.9 Å². The number of non-ortho nitro benzene ring substituents is 2. The van der Waals surface area contributed by atoms with Gasteiger partial charge in [0.15, 0.2) is 0 Å². The van der Waals surface area contributed by atoms with Gasteiger partial charge in [-0.05, 0) is 12.8 Å². The van der Waals surface area contributed by atoms with Crippen molar-refractivity contribution in [2.75, 3.05) is 13.2 Å². The van der Waals surface area contributed by atoms with E-state index in [1.54, 1.807) is 6.92 Å². The van der Waals surface area contributed by atoms with Crippen molar-refractivity contribution in [3.05, 3.63) is 44.0 Å². The first-order valence-electron chi connectivity index (χ1n) is 10.6. The smallest absolute Gasteiger partial charge is 0.338 e. The number of hydrogen-bond acceptors (Lipinski definition) is 8. The third kappa shape index (κ3) is 11.1. The van der Waals surface area contributed by atoms with Crippen LogP contribution < -0.4 is 0 Å². The fourth-order valence-corrected chi connectivity index (χ4v) is 2.90. The van der Waals surface area contributed by atoms with Crippen LogP contribution in [-0.4, -0.2) is 35.0 Å². The topological polar surface area (TPSA) is 139 Å². The molecule has 172 valence electrons. The normalized spacial score (nSPS) is 10.5. The largest absolute Gasteiger partial charge is 0.466 e. The minimum Gasteiger partial charge on any atom is -0.466 e. The number of rotatable bonds is 16. The lowest BCUT2D eigenvalue weighted by molar-refractivity contribution is -0.394. The molecule has 1 aromatic rings. The summed E-state index contributed by atoms with van der Waals surface area (Å²) in [5.41, 5.74) is -1.25. The highest BCUT2D eigenvalue weighted by molar-refractivity contribution is 5.91. The lowest BCUT2D eigenvalue weighted by Gasteiger charge is -2.06. The molecule has 1 rings (SSSR count). The SMILES string of the molecule is CCC(=O)OCCCCCCCCCCCOC(=O)c1cc([N+](=O)[O-])cc([N+](=O)[O-])c1. The Morgan fingerprint density at radius 1 is 0.742 bits per heavy atom. The van der Waals surface area contributed by atoms with Gasteiger partial charge in [-0.25, -0.2) is 4.79 Å². The summed E-state index contributed by atoms with van der Waals surface area (Å²) in [4.78, 5) is 43.2. The highest BCUT2D eigenvalue weighted by atomic mass is 16.6. The second-order valence-corrected chi connectivity index (χ2v) is 7.14. The Bertz CT molecular complexity index is 719. The molecule has 0 unspecified atom stereocenters. The first-order valence-corrected chi connectivity index (χ1v) is 10.6. The fraction of sp³-hybridized carbons (Fsp3) is 0.619. The van der Waals surface area contributed by atoms with Crippen LogP contribution in [0.15, 0.2) is 18.2 Å². The van der Waals surface area contributed by atoms with Crippen molar-refractivity contribution >= 4 is 23.3 Å². The predicted molar refractivity (Wildman–Crippen MR) is 113 cm³/mol. The van der Waals surface area contributed by atoms with Gasteiger partial charge in [0.2, 0.25) is 0 Å². The molecule has 0 atom stereocenters. The molecule has 0 saturated heterocycles. The quantitative estimate of drug-likeness (QED) is 0.150. The summed E-state index contributed by atoms with van der Waals surface area (Å²) in [6, 6.07) is 2.75. The number of nitro groups is 2. The van der Waals surface area contributed by atoms with Crippen LogP contribution in [0.1, 0.15) is 81.5 Å². The number of nitrogens with zero attached hydrogens (tertiary/aromatic N) is 2. The number of hydrogen-bond donors (Lipinski definition) is 0. The Hall–Kier alpha value is -3.04. The molecule has 31 heavy (non-hydrogen) atoms. The first-order chi connectivity index (χ1) is 14.8. The minimum atomic E-state index is -0.809. The van der Waals surface area contributed by atoms with Gasteiger partial charge in [0.05, 0.1) is 34.7 Å². The summed E-state index contributed by atoms with van der Waals surface area (Å²) in [7, 11) is 0. The van der Waals surface area contributed by atoms with E-state index in [0.717, 1.165) is 69.6 Å². The molecule has 0 radical (unpaired) electrons. The third-order valence-corrected chi connectivity index (χ3v) is 4.63. The van der Waals surface area contributed by atoms with Crippen molar-refractivity contribution in [3.63, 3.8) is 0 Å². The van der Waals surface area contributed by atoms with E-state index in [0.29, 0.717) is 19.4 Å². The van der Waals surface area contributed by atoms with Gasteiger partial charge in [-0.15, -0.1) is 0 Å². The Labute approximate surface area is 181 Å². The van der Waals surface area contributed by atoms with Crippen molar-refractivity contribution < 1.29 is 28.9 Å². The van der Waals surface area contributed by atoms with Crippen molar-refractivity contribution in [1.29, 1.82) is 0 Å². The molecular weight excluding hydrogens is 408 g/mol. The Morgan fingerprint density at radius 3 is 1.58 bits per heavy atom. The van der Waals surface area contributed by atoms with Crippen LogP contribution >= 0.6 is 0 Å². The molecule has 0 fully saturated rings. The summed E-state index contributed by atoms with van der Waals surface area (Å²) in [5.74, 6) is -0.964. The maximum Gasteiger partial charge on any atom is 0.338 e. The third-order valence-electron chi connectivity index (χ3n) is 4.63. The zero-order valence-corrected chi connectivity index (χ0v) is 17.9. The zero-order chi connectivity index (χ0) is 23.1. The number of benzene rings is 1. The number of carbonyl (C=O) groups excluding carboxylic acids is 2. The maximum absolute atomic E-state index is 12.0. The highest BCUT2D eigenvalue weighted by Gasteiger charge is 2.20. The molecule has 0 aliphatic heterocycles. The van der Waals surface area contributed by atoms with Crippen LogP contribution in [0.3, 0.4) is 0 Å². The Morgan fingerprint density at radius 2 is 1.16 bits per heavy atom. The Kier molecular flexibility index (Phi) is 12.5. The van der Waals surface area contributed by atoms with E-state index in [2.05, 4.69) is 0 Å². The predicted octanol–water partition coefficient (Wildman–Crippen LogP) is 5.12. The second kappa shape index (κ2) is 14.9. The molecule has 0 heterocycles. The van der Waals surface area contributed by atoms with Gasteiger partial charge in [0.25, 0.3) is 11.4 Å². The molecule has 0 aliphatic carbocycles. The maximum atomic E-state index is 12.0. The van der Waals surface area contributed by atoms with Crippen LogP contribution in [-0.2, 0) is 14.3 Å². The molecule has 10 heteroatoms. The molecule has 0 aromatic heterocycles. The van der Waals surface area contributed by atoms with Gasteiger partial charge in [-0.2, -0.15) is 0 Å². The first kappa shape index (κ1) is 26.0. The standard InChI is InChI=1S/C21H30N2O8/c1-2-20(24)30-12-10-8-6-4-3-5-7-9-11-13-31-21(25)17-14-18(22(26)27)16-19(15-17)23(28)29/h14-16H,2-13H2,1H3. The molecule has 0 amide bonds. The van der Waals surface area contributed by atoms with Gasteiger partial charge in [0.1, 0.15) is 0 Å². The molecule has 1 aromatic carbocycles. The van der Waals surface area contributed by atoms with E-state index in [1.165, 1.54) is 0 Å². The number of carbonyl (C=O) groups is 2. The van der Waals surface area contributed by atoms with Crippen molar-refractivity contribution in [3.8, 4) is 0 Å². The van der Waals surface area contributed by atoms with E-state index in [-0.39, 0.29) is 18.1 Å². The van der Waals surface area contributed by atoms with Crippen molar-refractivity contribution in [1.82, 2.24) is 0 Å². The summed E-state index contributed by atoms with van der Waals surface area (Å²) in [5, 5.41) is 21.7. The van der Waals surface area contributed by atoms with E-state index in [9.17, 15) is 29.8 Å². The van der Waals surface area contributed by atoms with Crippen LogP contribution in [0.2, 0.25) is 0 Å². The number of nitro benzene ring substituents is 2. The molecule has 0 bridgehead atoms. The van der Waals surface area contributed by atoms with E-state index in [1.807, 2.05) is 0 Å². The van der Waals surface area contributed by atoms with Crippen molar-refractivity contribution in [2.45, 2.75) is 71.1 Å². The summed E-state index contributed by atoms with van der Waals surface area (Å²) in [6.07, 6.45) is 9.33. The minimum absolute atomic E-state index is 0.155. The summed E-state index contributed by atoms with van der Waals surface area (Å²) in [6.45, 7) is 2.43. The summed E-state index contributed by atoms with van der Waals surface area (Å²) >= 11 is 0. The van der Waals surface area contributed by atoms with Crippen LogP contribution in [0.25, 0.3) is 0 Å². The average molecular weight is 438 g/mol. The molecular formula is C21H30N2O8. The lowest BCUT2D eigenvalue weighted by Crippen LogP contribution is -2.08. The monoisotopic (exact) mass is 438 g/mol. The fourth-order valence-electron chi connectivity index (χ4n) is 2.90.